The van der Waals surface area contributed by atoms with Gasteiger partial charge in [0.05, 0.1) is 55.9 Å². The van der Waals surface area contributed by atoms with E-state index in [1.807, 2.05) is 114 Å². The third-order valence-electron chi connectivity index (χ3n) is 22.5. The van der Waals surface area contributed by atoms with Crippen molar-refractivity contribution in [2.24, 2.45) is 0 Å². The number of hydrogen-bond acceptors (Lipinski definition) is 8. The molecule has 0 aliphatic carbocycles. The number of pyridine rings is 2. The van der Waals surface area contributed by atoms with Gasteiger partial charge < -0.3 is 13.7 Å². The Hall–Kier alpha value is -15.7. The average molecular weight is 1530 g/mol. The number of fused-ring (bicyclic) bond motifs is 12. The summed E-state index contributed by atoms with van der Waals surface area (Å²) in [6, 6.07) is 141. The lowest BCUT2D eigenvalue weighted by atomic mass is 9.97. The molecule has 0 aliphatic heterocycles. The van der Waals surface area contributed by atoms with Crippen molar-refractivity contribution >= 4 is 96.9 Å². The molecule has 552 valence electrons. The molecular weight excluding hydrogens is 1460 g/mol. The van der Waals surface area contributed by atoms with Crippen LogP contribution in [0.15, 0.2) is 413 Å². The van der Waals surface area contributed by atoms with Gasteiger partial charge in [-0.15, -0.1) is 11.3 Å². The van der Waals surface area contributed by atoms with Crippen LogP contribution in [0, 0.1) is 0 Å². The van der Waals surface area contributed by atoms with Crippen LogP contribution in [0.2, 0.25) is 0 Å². The fourth-order valence-corrected chi connectivity index (χ4v) is 18.1. The van der Waals surface area contributed by atoms with Gasteiger partial charge in [-0.05, 0) is 178 Å². The van der Waals surface area contributed by atoms with Crippen molar-refractivity contribution in [2.45, 2.75) is 0 Å². The largest absolute Gasteiger partial charge is 0.309 e. The normalized spacial score (nSPS) is 11.6. The molecule has 11 heteroatoms. The Morgan fingerprint density at radius 2 is 0.576 bits per heavy atom. The van der Waals surface area contributed by atoms with Crippen molar-refractivity contribution in [1.82, 2.24) is 48.6 Å². The number of rotatable bonds is 13. The van der Waals surface area contributed by atoms with E-state index < -0.39 is 0 Å². The molecule has 0 aliphatic rings. The van der Waals surface area contributed by atoms with Gasteiger partial charge in [-0.1, -0.05) is 267 Å². The zero-order valence-corrected chi connectivity index (χ0v) is 64.5. The van der Waals surface area contributed by atoms with Crippen molar-refractivity contribution in [2.75, 3.05) is 0 Å². The summed E-state index contributed by atoms with van der Waals surface area (Å²) >= 11 is 1.86. The molecule has 0 N–H and O–H groups in total. The molecule has 23 aromatic rings. The summed E-state index contributed by atoms with van der Waals surface area (Å²) in [5.74, 6) is 2.56. The van der Waals surface area contributed by atoms with E-state index in [0.717, 1.165) is 95.4 Å². The van der Waals surface area contributed by atoms with Gasteiger partial charge in [0, 0.05) is 104 Å². The predicted molar refractivity (Wildman–Crippen MR) is 488 cm³/mol. The highest BCUT2D eigenvalue weighted by Gasteiger charge is 2.22. The van der Waals surface area contributed by atoms with Gasteiger partial charge in [0.2, 0.25) is 0 Å². The Bertz CT molecular complexity index is 7660. The van der Waals surface area contributed by atoms with Crippen LogP contribution in [-0.4, -0.2) is 48.6 Å². The number of thiophene rings is 1. The average Bonchev–Trinajstić information content (AvgIpc) is 1.59. The summed E-state index contributed by atoms with van der Waals surface area (Å²) in [5.41, 5.74) is 26.6. The van der Waals surface area contributed by atoms with Crippen LogP contribution in [0.3, 0.4) is 0 Å². The summed E-state index contributed by atoms with van der Waals surface area (Å²) in [5, 5.41) is 9.97. The highest BCUT2D eigenvalue weighted by Crippen LogP contribution is 2.44. The number of para-hydroxylation sites is 4. The van der Waals surface area contributed by atoms with Gasteiger partial charge in [-0.25, -0.2) is 24.9 Å². The summed E-state index contributed by atoms with van der Waals surface area (Å²) in [6.45, 7) is 0. The molecule has 10 nitrogen and oxygen atoms in total. The molecule has 0 saturated heterocycles. The zero-order valence-electron chi connectivity index (χ0n) is 63.6. The first-order valence-corrected chi connectivity index (χ1v) is 40.4. The standard InChI is InChI=1S/C56H36N6.C51H32N4S/c1-2-12-42(13-3-1)61-52-18-6-4-14-44(52)46-35-41(27-30-54(46)61)38-24-28-43(29-25-38)62-53-19-7-5-15-45(53)47-34-40(26-31-55(47)62)37-20-22-39(23-21-37)56-59-50(48-16-8-10-32-57-48)36-51(60-56)49-17-9-11-33-58-49;1-3-14-33(15-4-1)49-52-50(34-16-5-2-6-17-34)54-51(53-49)38-20-11-19-37(30-38)40-24-13-26-45-48(40)43-23-7-9-25-44(43)55(45)39-21-12-18-35(31-39)36-28-29-42-41-22-8-10-27-46(41)56-47(42)32-36/h1-36H;1-32H. The van der Waals surface area contributed by atoms with Gasteiger partial charge >= 0.3 is 0 Å². The highest BCUT2D eigenvalue weighted by atomic mass is 32.1. The lowest BCUT2D eigenvalue weighted by molar-refractivity contribution is 1.07. The second-order valence-electron chi connectivity index (χ2n) is 29.6. The minimum absolute atomic E-state index is 0.626. The fourth-order valence-electron chi connectivity index (χ4n) is 17.0. The van der Waals surface area contributed by atoms with Crippen molar-refractivity contribution in [1.29, 1.82) is 0 Å². The Labute approximate surface area is 683 Å². The van der Waals surface area contributed by atoms with Crippen LogP contribution in [-0.2, 0) is 0 Å². The molecule has 0 unspecified atom stereocenters. The summed E-state index contributed by atoms with van der Waals surface area (Å²) < 4.78 is 9.77. The molecule has 118 heavy (non-hydrogen) atoms. The quantitative estimate of drug-likeness (QED) is 0.113. The number of nitrogens with zero attached hydrogens (tertiary/aromatic N) is 10. The second kappa shape index (κ2) is 29.4. The second-order valence-corrected chi connectivity index (χ2v) is 30.6. The molecule has 0 radical (unpaired) electrons. The molecule has 0 spiro atoms. The van der Waals surface area contributed by atoms with Crippen LogP contribution in [0.4, 0.5) is 0 Å². The summed E-state index contributed by atoms with van der Waals surface area (Å²) in [4.78, 5) is 34.0. The van der Waals surface area contributed by atoms with Crippen molar-refractivity contribution in [3.63, 3.8) is 0 Å². The van der Waals surface area contributed by atoms with Gasteiger partial charge in [0.25, 0.3) is 0 Å². The first kappa shape index (κ1) is 69.1. The lowest BCUT2D eigenvalue weighted by Gasteiger charge is -2.12. The Balaban J connectivity index is 0.000000143. The molecule has 0 bridgehead atoms. The molecule has 8 aromatic heterocycles. The van der Waals surface area contributed by atoms with Crippen LogP contribution >= 0.6 is 11.3 Å². The van der Waals surface area contributed by atoms with E-state index in [2.05, 4.69) is 321 Å². The lowest BCUT2D eigenvalue weighted by Crippen LogP contribution is -2.00. The Kier molecular flexibility index (Phi) is 17.2. The van der Waals surface area contributed by atoms with E-state index >= 15 is 0 Å². The summed E-state index contributed by atoms with van der Waals surface area (Å²) in [6.07, 6.45) is 3.57. The maximum atomic E-state index is 5.03. The SMILES string of the molecule is c1ccc(-c2nc(-c3ccccc3)nc(-c3cccc(-c4cccc5c4c4ccccc4n5-c4cccc(-c5ccc6c(c5)sc5ccccc56)c4)c3)n2)cc1.c1ccc(-n2c3ccccc3c3cc(-c4ccc(-n5c6ccccc6c6cc(-c7ccc(-c8nc(-c9ccccn9)cc(-c9ccccn9)n8)cc7)ccc65)cc4)ccc32)cc1. The first-order valence-electron chi connectivity index (χ1n) is 39.6. The molecular formula is C107H68N10S. The minimum Gasteiger partial charge on any atom is -0.309 e. The number of benzene rings is 15. The topological polar surface area (TPSA) is 105 Å². The third-order valence-corrected chi connectivity index (χ3v) is 23.7. The van der Waals surface area contributed by atoms with Crippen molar-refractivity contribution in [3.8, 4) is 130 Å². The first-order chi connectivity index (χ1) is 58.5. The van der Waals surface area contributed by atoms with Gasteiger partial charge in [0.1, 0.15) is 0 Å². The molecule has 0 saturated carbocycles. The van der Waals surface area contributed by atoms with Crippen LogP contribution in [0.25, 0.3) is 215 Å². The van der Waals surface area contributed by atoms with E-state index in [-0.39, 0.29) is 0 Å². The van der Waals surface area contributed by atoms with E-state index in [1.54, 1.807) is 12.4 Å². The summed E-state index contributed by atoms with van der Waals surface area (Å²) in [7, 11) is 0. The zero-order chi connectivity index (χ0) is 78.0. The van der Waals surface area contributed by atoms with Gasteiger partial charge in [-0.2, -0.15) is 0 Å². The maximum absolute atomic E-state index is 5.03. The van der Waals surface area contributed by atoms with E-state index in [1.165, 1.54) is 96.8 Å². The monoisotopic (exact) mass is 1520 g/mol. The van der Waals surface area contributed by atoms with Crippen LogP contribution in [0.1, 0.15) is 0 Å². The number of aromatic nitrogens is 10. The number of hydrogen-bond donors (Lipinski definition) is 0. The minimum atomic E-state index is 0.626. The molecule has 0 atom stereocenters. The van der Waals surface area contributed by atoms with E-state index in [4.69, 9.17) is 24.9 Å². The molecule has 8 heterocycles. The third kappa shape index (κ3) is 12.5. The molecule has 23 rings (SSSR count). The Morgan fingerprint density at radius 1 is 0.186 bits per heavy atom. The molecule has 15 aromatic carbocycles. The predicted octanol–water partition coefficient (Wildman–Crippen LogP) is 27.5. The highest BCUT2D eigenvalue weighted by molar-refractivity contribution is 7.25. The Morgan fingerprint density at radius 3 is 1.19 bits per heavy atom. The van der Waals surface area contributed by atoms with E-state index in [9.17, 15) is 0 Å². The van der Waals surface area contributed by atoms with Gasteiger partial charge in [-0.3, -0.25) is 9.97 Å². The maximum Gasteiger partial charge on any atom is 0.164 e. The smallest absolute Gasteiger partial charge is 0.164 e. The van der Waals surface area contributed by atoms with Crippen molar-refractivity contribution in [3.05, 3.63) is 413 Å². The van der Waals surface area contributed by atoms with E-state index in [0.29, 0.717) is 23.3 Å². The van der Waals surface area contributed by atoms with Crippen LogP contribution in [0.5, 0.6) is 0 Å². The van der Waals surface area contributed by atoms with Gasteiger partial charge in [0.15, 0.2) is 23.3 Å². The van der Waals surface area contributed by atoms with Crippen molar-refractivity contribution < 1.29 is 0 Å². The molecule has 0 fully saturated rings. The fraction of sp³-hybridized carbons (Fsp3) is 0. The van der Waals surface area contributed by atoms with Crippen LogP contribution < -0.4 is 0 Å². The molecule has 0 amide bonds.